The van der Waals surface area contributed by atoms with E-state index in [-0.39, 0.29) is 11.7 Å². The lowest BCUT2D eigenvalue weighted by Gasteiger charge is -2.41. The highest BCUT2D eigenvalue weighted by Crippen LogP contribution is 2.44. The molecule has 1 heterocycles. The van der Waals surface area contributed by atoms with Gasteiger partial charge in [-0.05, 0) is 49.4 Å². The maximum Gasteiger partial charge on any atom is 0.230 e. The fourth-order valence-electron chi connectivity index (χ4n) is 3.86. The Bertz CT molecular complexity index is 557. The molecule has 24 heavy (non-hydrogen) atoms. The quantitative estimate of drug-likeness (QED) is 0.832. The van der Waals surface area contributed by atoms with E-state index in [0.717, 1.165) is 64.0 Å². The SMILES string of the molecule is COCCN1CC[C@H](CNC(=O)C2(c3ccc(F)cc3)CCC2)C1. The van der Waals surface area contributed by atoms with Gasteiger partial charge in [0.1, 0.15) is 5.82 Å². The normalized spacial score (nSPS) is 23.0. The summed E-state index contributed by atoms with van der Waals surface area (Å²) in [6.07, 6.45) is 3.89. The zero-order chi connectivity index (χ0) is 17.0. The van der Waals surface area contributed by atoms with Crippen molar-refractivity contribution >= 4 is 5.91 Å². The predicted octanol–water partition coefficient (Wildman–Crippen LogP) is 2.33. The molecule has 4 nitrogen and oxygen atoms in total. The number of carbonyl (C=O) groups is 1. The van der Waals surface area contributed by atoms with E-state index in [1.807, 2.05) is 0 Å². The molecule has 0 radical (unpaired) electrons. The second kappa shape index (κ2) is 7.62. The summed E-state index contributed by atoms with van der Waals surface area (Å²) in [4.78, 5) is 15.2. The Morgan fingerprint density at radius 3 is 2.75 bits per heavy atom. The Kier molecular flexibility index (Phi) is 5.51. The molecule has 1 saturated heterocycles. The first kappa shape index (κ1) is 17.4. The van der Waals surface area contributed by atoms with Gasteiger partial charge in [0.2, 0.25) is 5.91 Å². The van der Waals surface area contributed by atoms with Crippen LogP contribution >= 0.6 is 0 Å². The number of hydrogen-bond donors (Lipinski definition) is 1. The Morgan fingerprint density at radius 1 is 1.38 bits per heavy atom. The number of likely N-dealkylation sites (tertiary alicyclic amines) is 1. The van der Waals surface area contributed by atoms with Gasteiger partial charge in [-0.2, -0.15) is 0 Å². The average molecular weight is 334 g/mol. The number of amides is 1. The molecule has 1 atom stereocenters. The highest BCUT2D eigenvalue weighted by atomic mass is 19.1. The molecule has 1 aliphatic heterocycles. The lowest BCUT2D eigenvalue weighted by atomic mass is 9.64. The topological polar surface area (TPSA) is 41.6 Å². The first-order valence-electron chi connectivity index (χ1n) is 8.90. The number of rotatable bonds is 7. The molecule has 0 spiro atoms. The summed E-state index contributed by atoms with van der Waals surface area (Å²) >= 11 is 0. The molecule has 1 aromatic carbocycles. The highest BCUT2D eigenvalue weighted by Gasteiger charge is 2.45. The van der Waals surface area contributed by atoms with E-state index in [4.69, 9.17) is 4.74 Å². The van der Waals surface area contributed by atoms with Gasteiger partial charge in [0.05, 0.1) is 12.0 Å². The summed E-state index contributed by atoms with van der Waals surface area (Å²) in [5.74, 6) is 0.364. The minimum Gasteiger partial charge on any atom is -0.383 e. The summed E-state index contributed by atoms with van der Waals surface area (Å²) in [5.41, 5.74) is 0.503. The molecule has 5 heteroatoms. The van der Waals surface area contributed by atoms with Crippen molar-refractivity contribution in [3.05, 3.63) is 35.6 Å². The molecule has 0 aromatic heterocycles. The zero-order valence-corrected chi connectivity index (χ0v) is 14.4. The largest absolute Gasteiger partial charge is 0.383 e. The van der Waals surface area contributed by atoms with Crippen LogP contribution in [0.3, 0.4) is 0 Å². The second-order valence-corrected chi connectivity index (χ2v) is 7.10. The third kappa shape index (κ3) is 3.62. The lowest BCUT2D eigenvalue weighted by molar-refractivity contribution is -0.130. The van der Waals surface area contributed by atoms with Gasteiger partial charge in [0, 0.05) is 26.7 Å². The van der Waals surface area contributed by atoms with Crippen LogP contribution < -0.4 is 5.32 Å². The zero-order valence-electron chi connectivity index (χ0n) is 14.4. The number of halogens is 1. The van der Waals surface area contributed by atoms with Crippen molar-refractivity contribution in [2.45, 2.75) is 31.1 Å². The molecule has 132 valence electrons. The number of carbonyl (C=O) groups excluding carboxylic acids is 1. The van der Waals surface area contributed by atoms with E-state index in [2.05, 4.69) is 10.2 Å². The molecule has 1 aromatic rings. The Hall–Kier alpha value is -1.46. The third-order valence-corrected chi connectivity index (χ3v) is 5.57. The maximum atomic E-state index is 13.2. The maximum absolute atomic E-state index is 13.2. The van der Waals surface area contributed by atoms with Crippen molar-refractivity contribution in [3.8, 4) is 0 Å². The van der Waals surface area contributed by atoms with Crippen LogP contribution in [0, 0.1) is 11.7 Å². The van der Waals surface area contributed by atoms with Gasteiger partial charge in [0.25, 0.3) is 0 Å². The molecule has 1 aliphatic carbocycles. The van der Waals surface area contributed by atoms with Crippen LogP contribution in [0.25, 0.3) is 0 Å². The number of ether oxygens (including phenoxy) is 1. The van der Waals surface area contributed by atoms with Crippen LogP contribution in [-0.2, 0) is 14.9 Å². The minimum atomic E-state index is -0.442. The van der Waals surface area contributed by atoms with Crippen molar-refractivity contribution in [1.29, 1.82) is 0 Å². The summed E-state index contributed by atoms with van der Waals surface area (Å²) in [6.45, 7) is 4.54. The van der Waals surface area contributed by atoms with Gasteiger partial charge in [-0.15, -0.1) is 0 Å². The van der Waals surface area contributed by atoms with Crippen LogP contribution in [0.4, 0.5) is 4.39 Å². The highest BCUT2D eigenvalue weighted by molar-refractivity contribution is 5.89. The fraction of sp³-hybridized carbons (Fsp3) is 0.632. The second-order valence-electron chi connectivity index (χ2n) is 7.10. The van der Waals surface area contributed by atoms with Gasteiger partial charge < -0.3 is 15.0 Å². The molecule has 1 N–H and O–H groups in total. The summed E-state index contributed by atoms with van der Waals surface area (Å²) in [6, 6.07) is 6.42. The Morgan fingerprint density at radius 2 is 2.12 bits per heavy atom. The fourth-order valence-corrected chi connectivity index (χ4v) is 3.86. The summed E-state index contributed by atoms with van der Waals surface area (Å²) < 4.78 is 18.3. The van der Waals surface area contributed by atoms with Crippen molar-refractivity contribution in [3.63, 3.8) is 0 Å². The smallest absolute Gasteiger partial charge is 0.230 e. The van der Waals surface area contributed by atoms with Gasteiger partial charge in [0.15, 0.2) is 0 Å². The predicted molar refractivity (Wildman–Crippen MR) is 91.4 cm³/mol. The number of benzene rings is 1. The van der Waals surface area contributed by atoms with Crippen LogP contribution in [-0.4, -0.2) is 50.7 Å². The molecular weight excluding hydrogens is 307 g/mol. The van der Waals surface area contributed by atoms with E-state index in [9.17, 15) is 9.18 Å². The van der Waals surface area contributed by atoms with Crippen molar-refractivity contribution in [2.24, 2.45) is 5.92 Å². The Balaban J connectivity index is 1.53. The van der Waals surface area contributed by atoms with Crippen molar-refractivity contribution < 1.29 is 13.9 Å². The molecule has 3 rings (SSSR count). The van der Waals surface area contributed by atoms with E-state index >= 15 is 0 Å². The summed E-state index contributed by atoms with van der Waals surface area (Å²) in [7, 11) is 1.72. The monoisotopic (exact) mass is 334 g/mol. The lowest BCUT2D eigenvalue weighted by Crippen LogP contribution is -2.50. The molecule has 1 saturated carbocycles. The summed E-state index contributed by atoms with van der Waals surface area (Å²) in [5, 5.41) is 3.17. The standard InChI is InChI=1S/C19H27FN2O2/c1-24-12-11-22-10-7-15(14-22)13-21-18(23)19(8-2-9-19)16-3-5-17(20)6-4-16/h3-6,15H,2,7-14H2,1H3,(H,21,23)/t15-/m1/s1. The van der Waals surface area contributed by atoms with E-state index in [0.29, 0.717) is 5.92 Å². The van der Waals surface area contributed by atoms with E-state index < -0.39 is 5.41 Å². The third-order valence-electron chi connectivity index (χ3n) is 5.57. The van der Waals surface area contributed by atoms with E-state index in [1.165, 1.54) is 12.1 Å². The van der Waals surface area contributed by atoms with Crippen LogP contribution in [0.15, 0.2) is 24.3 Å². The van der Waals surface area contributed by atoms with Crippen molar-refractivity contribution in [2.75, 3.05) is 39.9 Å². The van der Waals surface area contributed by atoms with Gasteiger partial charge in [-0.25, -0.2) is 4.39 Å². The average Bonchev–Trinajstić information content (AvgIpc) is 2.99. The number of nitrogens with zero attached hydrogens (tertiary/aromatic N) is 1. The Labute approximate surface area is 143 Å². The van der Waals surface area contributed by atoms with Crippen molar-refractivity contribution in [1.82, 2.24) is 10.2 Å². The first-order valence-corrected chi connectivity index (χ1v) is 8.90. The number of hydrogen-bond acceptors (Lipinski definition) is 3. The van der Waals surface area contributed by atoms with Crippen LogP contribution in [0.1, 0.15) is 31.2 Å². The van der Waals surface area contributed by atoms with Gasteiger partial charge in [-0.3, -0.25) is 4.79 Å². The first-order chi connectivity index (χ1) is 11.6. The molecular formula is C19H27FN2O2. The van der Waals surface area contributed by atoms with Crippen LogP contribution in [0.5, 0.6) is 0 Å². The number of methoxy groups -OCH3 is 1. The molecule has 0 unspecified atom stereocenters. The molecule has 0 bridgehead atoms. The minimum absolute atomic E-state index is 0.107. The molecule has 2 fully saturated rings. The van der Waals surface area contributed by atoms with E-state index in [1.54, 1.807) is 19.2 Å². The number of nitrogens with one attached hydrogen (secondary N) is 1. The molecule has 1 amide bonds. The van der Waals surface area contributed by atoms with Gasteiger partial charge >= 0.3 is 0 Å². The molecule has 2 aliphatic rings. The van der Waals surface area contributed by atoms with Gasteiger partial charge in [-0.1, -0.05) is 18.6 Å². The van der Waals surface area contributed by atoms with Crippen LogP contribution in [0.2, 0.25) is 0 Å².